The third kappa shape index (κ3) is 7.49. The molecule has 0 aromatic carbocycles. The lowest BCUT2D eigenvalue weighted by atomic mass is 9.42. The maximum atomic E-state index is 12.6. The zero-order chi connectivity index (χ0) is 41.5. The summed E-state index contributed by atoms with van der Waals surface area (Å²) in [5.41, 5.74) is -0.565. The summed E-state index contributed by atoms with van der Waals surface area (Å²) in [6.07, 6.45) is -2.18. The van der Waals surface area contributed by atoms with E-state index in [-0.39, 0.29) is 65.8 Å². The number of fused-ring (bicyclic) bond motifs is 5. The maximum absolute atomic E-state index is 12.6. The molecule has 0 radical (unpaired) electrons. The molecule has 58 heavy (non-hydrogen) atoms. The Morgan fingerprint density at radius 3 is 1.98 bits per heavy atom. The third-order valence-electron chi connectivity index (χ3n) is 16.3. The molecule has 8 rings (SSSR count). The summed E-state index contributed by atoms with van der Waals surface area (Å²) in [5.74, 6) is -0.246. The van der Waals surface area contributed by atoms with E-state index in [1.807, 2.05) is 6.92 Å². The Kier molecular flexibility index (Phi) is 12.0. The van der Waals surface area contributed by atoms with Gasteiger partial charge in [0.25, 0.3) is 0 Å². The first-order chi connectivity index (χ1) is 27.4. The molecule has 0 amide bonds. The van der Waals surface area contributed by atoms with Crippen LogP contribution in [-0.2, 0) is 47.5 Å². The van der Waals surface area contributed by atoms with E-state index in [1.165, 1.54) is 6.92 Å². The van der Waals surface area contributed by atoms with Crippen LogP contribution in [0.5, 0.6) is 0 Å². The van der Waals surface area contributed by atoms with Crippen molar-refractivity contribution in [1.29, 1.82) is 0 Å². The first-order valence-electron chi connectivity index (χ1n) is 21.8. The summed E-state index contributed by atoms with van der Waals surface area (Å²) < 4.78 is 47.6. The highest BCUT2D eigenvalue weighted by molar-refractivity contribution is 5.85. The SMILES string of the molecule is CC(=O)O[C@@H]1C[C@H](O[C@@H]2[C@H](O)C[C@H](O[C@@H]3[C@H](O)C[C@H](O[C@H]4C[C@H]5CC[C@@H]6[C@H](CC[C@]7(C)[C@H](C8=CC(=O)OC8)CC[C@@]67O)[C@]5(C)[C@@H](O)C4)O[C@@H]3C)O[C@@H]2C)O[C@H](C)[C@H]1O. The Bertz CT molecular complexity index is 1530. The summed E-state index contributed by atoms with van der Waals surface area (Å²) in [5, 5.41) is 57.4. The number of esters is 2. The average Bonchev–Trinajstić information content (AvgIpc) is 3.69. The van der Waals surface area contributed by atoms with E-state index in [2.05, 4.69) is 13.8 Å². The molecular weight excluding hydrogens is 756 g/mol. The second-order valence-corrected chi connectivity index (χ2v) is 19.4. The molecule has 328 valence electrons. The largest absolute Gasteiger partial charge is 0.459 e. The van der Waals surface area contributed by atoms with E-state index in [4.69, 9.17) is 37.9 Å². The van der Waals surface area contributed by atoms with Gasteiger partial charge in [-0.15, -0.1) is 0 Å². The Morgan fingerprint density at radius 1 is 0.759 bits per heavy atom. The molecule has 5 N–H and O–H groups in total. The quantitative estimate of drug-likeness (QED) is 0.176. The lowest BCUT2D eigenvalue weighted by Gasteiger charge is -2.64. The number of ether oxygens (including phenoxy) is 8. The number of aliphatic hydroxyl groups excluding tert-OH is 4. The Labute approximate surface area is 341 Å². The highest BCUT2D eigenvalue weighted by atomic mass is 16.7. The van der Waals surface area contributed by atoms with E-state index >= 15 is 0 Å². The molecule has 4 saturated carbocycles. The van der Waals surface area contributed by atoms with Gasteiger partial charge in [-0.1, -0.05) is 13.8 Å². The van der Waals surface area contributed by atoms with Gasteiger partial charge in [0.2, 0.25) is 0 Å². The van der Waals surface area contributed by atoms with Crippen LogP contribution >= 0.6 is 0 Å². The molecule has 8 aliphatic rings. The number of rotatable bonds is 8. The molecule has 4 aliphatic carbocycles. The average molecular weight is 823 g/mol. The van der Waals surface area contributed by atoms with Gasteiger partial charge in [0.1, 0.15) is 31.0 Å². The van der Waals surface area contributed by atoms with Crippen LogP contribution in [0.15, 0.2) is 11.6 Å². The molecule has 0 aromatic heterocycles. The third-order valence-corrected chi connectivity index (χ3v) is 16.3. The second kappa shape index (κ2) is 16.2. The van der Waals surface area contributed by atoms with E-state index in [0.717, 1.165) is 44.1 Å². The molecule has 0 bridgehead atoms. The van der Waals surface area contributed by atoms with Crippen LogP contribution in [0.25, 0.3) is 0 Å². The minimum atomic E-state index is -1.00. The monoisotopic (exact) mass is 822 g/mol. The lowest BCUT2D eigenvalue weighted by molar-refractivity contribution is -0.337. The number of aliphatic hydroxyl groups is 5. The van der Waals surface area contributed by atoms with Crippen molar-refractivity contribution in [2.75, 3.05) is 6.61 Å². The number of hydrogen-bond acceptors (Lipinski definition) is 15. The van der Waals surface area contributed by atoms with Crippen molar-refractivity contribution in [2.24, 2.45) is 34.5 Å². The van der Waals surface area contributed by atoms with Crippen LogP contribution in [0.3, 0.4) is 0 Å². The van der Waals surface area contributed by atoms with Gasteiger partial charge in [-0.3, -0.25) is 4.79 Å². The minimum Gasteiger partial charge on any atom is -0.459 e. The van der Waals surface area contributed by atoms with Crippen molar-refractivity contribution in [1.82, 2.24) is 0 Å². The van der Waals surface area contributed by atoms with Crippen molar-refractivity contribution in [3.05, 3.63) is 11.6 Å². The lowest BCUT2D eigenvalue weighted by Crippen LogP contribution is -2.65. The van der Waals surface area contributed by atoms with Crippen molar-refractivity contribution in [2.45, 2.75) is 204 Å². The fourth-order valence-electron chi connectivity index (χ4n) is 13.1. The van der Waals surface area contributed by atoms with Gasteiger partial charge in [-0.25, -0.2) is 4.79 Å². The zero-order valence-corrected chi connectivity index (χ0v) is 34.8. The molecule has 4 heterocycles. The van der Waals surface area contributed by atoms with Crippen molar-refractivity contribution in [3.8, 4) is 0 Å². The molecule has 0 unspecified atom stereocenters. The summed E-state index contributed by atoms with van der Waals surface area (Å²) in [6.45, 7) is 11.2. The number of carbonyl (C=O) groups is 2. The van der Waals surface area contributed by atoms with Crippen molar-refractivity contribution in [3.63, 3.8) is 0 Å². The van der Waals surface area contributed by atoms with Crippen LogP contribution in [-0.4, -0.2) is 136 Å². The predicted molar refractivity (Wildman–Crippen MR) is 202 cm³/mol. The molecule has 21 atom stereocenters. The molecule has 0 spiro atoms. The smallest absolute Gasteiger partial charge is 0.331 e. The fraction of sp³-hybridized carbons (Fsp3) is 0.907. The van der Waals surface area contributed by atoms with Gasteiger partial charge in [0.15, 0.2) is 18.9 Å². The van der Waals surface area contributed by atoms with Gasteiger partial charge < -0.3 is 63.4 Å². The summed E-state index contributed by atoms with van der Waals surface area (Å²) >= 11 is 0. The molecule has 3 saturated heterocycles. The summed E-state index contributed by atoms with van der Waals surface area (Å²) in [4.78, 5) is 23.5. The molecule has 4 aliphatic heterocycles. The van der Waals surface area contributed by atoms with Crippen LogP contribution in [0.2, 0.25) is 0 Å². The van der Waals surface area contributed by atoms with Gasteiger partial charge >= 0.3 is 11.9 Å². The van der Waals surface area contributed by atoms with Crippen LogP contribution in [0.1, 0.15) is 112 Å². The van der Waals surface area contributed by atoms with Crippen LogP contribution in [0, 0.1) is 34.5 Å². The Balaban J connectivity index is 0.834. The minimum absolute atomic E-state index is 0.0659. The molecule has 15 nitrogen and oxygen atoms in total. The molecule has 15 heteroatoms. The topological polar surface area (TPSA) is 209 Å². The Morgan fingerprint density at radius 2 is 1.38 bits per heavy atom. The molecule has 7 fully saturated rings. The van der Waals surface area contributed by atoms with Crippen molar-refractivity contribution >= 4 is 11.9 Å². The van der Waals surface area contributed by atoms with E-state index in [9.17, 15) is 35.1 Å². The molecule has 0 aromatic rings. The van der Waals surface area contributed by atoms with Gasteiger partial charge in [0.05, 0.1) is 48.3 Å². The predicted octanol–water partition coefficient (Wildman–Crippen LogP) is 2.79. The normalized spacial score (nSPS) is 53.2. The highest BCUT2D eigenvalue weighted by Gasteiger charge is 2.69. The highest BCUT2D eigenvalue weighted by Crippen LogP contribution is 2.70. The summed E-state index contributed by atoms with van der Waals surface area (Å²) in [6, 6.07) is 0. The molecular formula is C43H66O15. The van der Waals surface area contributed by atoms with E-state index in [1.54, 1.807) is 19.9 Å². The number of hydrogen-bond donors (Lipinski definition) is 5. The van der Waals surface area contributed by atoms with Gasteiger partial charge in [-0.05, 0) is 100 Å². The number of cyclic esters (lactones) is 1. The Hall–Kier alpha value is -1.76. The fourth-order valence-corrected chi connectivity index (χ4v) is 13.1. The first-order valence-corrected chi connectivity index (χ1v) is 21.8. The van der Waals surface area contributed by atoms with Gasteiger partial charge in [0, 0.05) is 44.1 Å². The van der Waals surface area contributed by atoms with E-state index < -0.39 is 91.5 Å². The second-order valence-electron chi connectivity index (χ2n) is 19.4. The van der Waals surface area contributed by atoms with Crippen LogP contribution in [0.4, 0.5) is 0 Å². The standard InChI is InChI=1S/C43H66O15/c1-20-38(49)32(55-23(4)44)18-37(52-20)58-40-22(3)54-36(17-31(40)46)57-39-21(2)53-35(16-30(39)45)56-26-14-25-7-8-29-28(42(25,6)33(47)15-26)9-11-41(5)27(10-12-43(29,41)50)24-13-34(48)51-19-24/h13,20-22,25-33,35-40,45-47,49-50H,7-12,14-19H2,1-6H3/t20-,21-,22-,25-,26+,27+,28+,29-,30-,31-,32-,33+,35+,36+,37+,38-,39+,40+,41-,42-,43-/m1/s1. The maximum Gasteiger partial charge on any atom is 0.331 e. The zero-order valence-electron chi connectivity index (χ0n) is 34.8. The number of carbonyl (C=O) groups excluding carboxylic acids is 2. The first kappa shape index (κ1) is 42.9. The van der Waals surface area contributed by atoms with Gasteiger partial charge in [-0.2, -0.15) is 0 Å². The van der Waals surface area contributed by atoms with Crippen LogP contribution < -0.4 is 0 Å². The van der Waals surface area contributed by atoms with E-state index in [0.29, 0.717) is 19.4 Å². The van der Waals surface area contributed by atoms with Crippen molar-refractivity contribution < 1.29 is 73.0 Å². The summed E-state index contributed by atoms with van der Waals surface area (Å²) in [7, 11) is 0.